The lowest BCUT2D eigenvalue weighted by Crippen LogP contribution is -2.27. The maximum atomic E-state index is 13.2. The van der Waals surface area contributed by atoms with Gasteiger partial charge in [0.1, 0.15) is 5.75 Å². The molecule has 0 saturated heterocycles. The molecule has 0 saturated carbocycles. The predicted molar refractivity (Wildman–Crippen MR) is 113 cm³/mol. The van der Waals surface area contributed by atoms with Crippen LogP contribution in [0.25, 0.3) is 0 Å². The number of nitro benzene ring substituents is 1. The van der Waals surface area contributed by atoms with Crippen LogP contribution in [0.2, 0.25) is 0 Å². The van der Waals surface area contributed by atoms with Gasteiger partial charge in [-0.1, -0.05) is 30.3 Å². The van der Waals surface area contributed by atoms with E-state index in [0.29, 0.717) is 12.0 Å². The van der Waals surface area contributed by atoms with Gasteiger partial charge >= 0.3 is 0 Å². The smallest absolute Gasteiger partial charge is 0.274 e. The Morgan fingerprint density at radius 3 is 2.30 bits per heavy atom. The lowest BCUT2D eigenvalue weighted by molar-refractivity contribution is -0.384. The molecule has 150 valence electrons. The third-order valence-electron chi connectivity index (χ3n) is 5.05. The van der Waals surface area contributed by atoms with Crippen molar-refractivity contribution in [2.24, 2.45) is 5.10 Å². The van der Waals surface area contributed by atoms with Crippen LogP contribution in [-0.2, 0) is 0 Å². The number of methoxy groups -OCH3 is 1. The van der Waals surface area contributed by atoms with Crippen molar-refractivity contribution in [1.29, 1.82) is 0 Å². The highest BCUT2D eigenvalue weighted by Crippen LogP contribution is 2.35. The summed E-state index contributed by atoms with van der Waals surface area (Å²) in [4.78, 5) is 23.7. The van der Waals surface area contributed by atoms with Crippen molar-refractivity contribution in [3.8, 4) is 5.75 Å². The van der Waals surface area contributed by atoms with Crippen LogP contribution in [0.1, 0.15) is 33.9 Å². The number of benzene rings is 3. The van der Waals surface area contributed by atoms with E-state index in [4.69, 9.17) is 4.74 Å². The van der Waals surface area contributed by atoms with Crippen molar-refractivity contribution in [3.63, 3.8) is 0 Å². The Morgan fingerprint density at radius 2 is 1.70 bits per heavy atom. The minimum atomic E-state index is -0.440. The monoisotopic (exact) mass is 401 g/mol. The van der Waals surface area contributed by atoms with Gasteiger partial charge in [-0.15, -0.1) is 0 Å². The van der Waals surface area contributed by atoms with E-state index in [2.05, 4.69) is 5.10 Å². The van der Waals surface area contributed by atoms with Crippen LogP contribution in [0, 0.1) is 10.1 Å². The molecule has 0 aromatic heterocycles. The number of nitro groups is 1. The molecule has 4 rings (SSSR count). The van der Waals surface area contributed by atoms with Gasteiger partial charge in [0.25, 0.3) is 11.6 Å². The van der Waals surface area contributed by atoms with Gasteiger partial charge < -0.3 is 4.74 Å². The summed E-state index contributed by atoms with van der Waals surface area (Å²) in [6.07, 6.45) is 0.503. The topological polar surface area (TPSA) is 85.0 Å². The van der Waals surface area contributed by atoms with Crippen LogP contribution < -0.4 is 4.74 Å². The standard InChI is InChI=1S/C23H19N3O4/c1-30-20-13-9-16(10-14-20)21-15-22(17-7-11-19(12-8-17)26(28)29)25(24-21)23(27)18-5-3-2-4-6-18/h2-14,22H,15H2,1H3/t22-/m1/s1. The average Bonchev–Trinajstić information content (AvgIpc) is 3.24. The zero-order valence-corrected chi connectivity index (χ0v) is 16.3. The van der Waals surface area contributed by atoms with E-state index in [1.54, 1.807) is 43.5 Å². The number of carbonyl (C=O) groups excluding carboxylic acids is 1. The van der Waals surface area contributed by atoms with Crippen molar-refractivity contribution in [3.05, 3.63) is 106 Å². The number of amides is 1. The van der Waals surface area contributed by atoms with E-state index in [1.807, 2.05) is 30.3 Å². The first-order valence-electron chi connectivity index (χ1n) is 9.41. The summed E-state index contributed by atoms with van der Waals surface area (Å²) in [5, 5.41) is 17.1. The molecular formula is C23H19N3O4. The molecule has 0 bridgehead atoms. The summed E-state index contributed by atoms with van der Waals surface area (Å²) in [5.74, 6) is 0.518. The highest BCUT2D eigenvalue weighted by molar-refractivity contribution is 6.05. The van der Waals surface area contributed by atoms with Crippen molar-refractivity contribution in [2.75, 3.05) is 7.11 Å². The molecule has 0 unspecified atom stereocenters. The fourth-order valence-electron chi connectivity index (χ4n) is 3.45. The number of hydrogen-bond donors (Lipinski definition) is 0. The summed E-state index contributed by atoms with van der Waals surface area (Å²) in [6.45, 7) is 0. The van der Waals surface area contributed by atoms with Gasteiger partial charge in [0, 0.05) is 24.1 Å². The average molecular weight is 401 g/mol. The number of non-ortho nitro benzene ring substituents is 1. The van der Waals surface area contributed by atoms with Crippen LogP contribution in [0.15, 0.2) is 84.0 Å². The fraction of sp³-hybridized carbons (Fsp3) is 0.130. The lowest BCUT2D eigenvalue weighted by Gasteiger charge is -2.22. The molecule has 0 N–H and O–H groups in total. The maximum Gasteiger partial charge on any atom is 0.274 e. The minimum Gasteiger partial charge on any atom is -0.497 e. The van der Waals surface area contributed by atoms with E-state index in [1.165, 1.54) is 17.1 Å². The molecule has 0 radical (unpaired) electrons. The summed E-state index contributed by atoms with van der Waals surface area (Å²) in [7, 11) is 1.60. The van der Waals surface area contributed by atoms with Crippen molar-refractivity contribution in [2.45, 2.75) is 12.5 Å². The SMILES string of the molecule is COc1ccc(C2=NN(C(=O)c3ccccc3)[C@@H](c3ccc([N+](=O)[O-])cc3)C2)cc1. The molecule has 0 aliphatic carbocycles. The molecule has 7 nitrogen and oxygen atoms in total. The van der Waals surface area contributed by atoms with E-state index >= 15 is 0 Å². The second kappa shape index (κ2) is 8.16. The summed E-state index contributed by atoms with van der Waals surface area (Å²) < 4.78 is 5.21. The van der Waals surface area contributed by atoms with Gasteiger partial charge in [-0.25, -0.2) is 5.01 Å². The Labute approximate surface area is 173 Å². The normalized spacial score (nSPS) is 15.6. The Kier molecular flexibility index (Phi) is 5.26. The molecule has 30 heavy (non-hydrogen) atoms. The molecular weight excluding hydrogens is 382 g/mol. The van der Waals surface area contributed by atoms with E-state index in [-0.39, 0.29) is 17.6 Å². The van der Waals surface area contributed by atoms with E-state index < -0.39 is 4.92 Å². The summed E-state index contributed by atoms with van der Waals surface area (Å²) in [6, 6.07) is 22.4. The molecule has 1 heterocycles. The molecule has 1 amide bonds. The second-order valence-corrected chi connectivity index (χ2v) is 6.86. The highest BCUT2D eigenvalue weighted by atomic mass is 16.6. The van der Waals surface area contributed by atoms with Gasteiger partial charge in [0.2, 0.25) is 0 Å². The fourth-order valence-corrected chi connectivity index (χ4v) is 3.45. The van der Waals surface area contributed by atoms with Crippen molar-refractivity contribution in [1.82, 2.24) is 5.01 Å². The summed E-state index contributed by atoms with van der Waals surface area (Å²) >= 11 is 0. The second-order valence-electron chi connectivity index (χ2n) is 6.86. The molecule has 1 aliphatic heterocycles. The number of hydrogen-bond acceptors (Lipinski definition) is 5. The molecule has 7 heteroatoms. The first kappa shape index (κ1) is 19.3. The number of ether oxygens (including phenoxy) is 1. The van der Waals surface area contributed by atoms with Gasteiger partial charge in [-0.05, 0) is 47.5 Å². The Hall–Kier alpha value is -4.00. The van der Waals surface area contributed by atoms with Crippen molar-refractivity contribution < 1.29 is 14.5 Å². The van der Waals surface area contributed by atoms with Gasteiger partial charge in [-0.3, -0.25) is 14.9 Å². The van der Waals surface area contributed by atoms with Crippen LogP contribution in [0.3, 0.4) is 0 Å². The van der Waals surface area contributed by atoms with E-state index in [0.717, 1.165) is 22.6 Å². The predicted octanol–water partition coefficient (Wildman–Crippen LogP) is 4.59. The third kappa shape index (κ3) is 3.77. The number of nitrogens with zero attached hydrogens (tertiary/aromatic N) is 3. The lowest BCUT2D eigenvalue weighted by atomic mass is 9.98. The maximum absolute atomic E-state index is 13.2. The molecule has 3 aromatic rings. The van der Waals surface area contributed by atoms with Crippen LogP contribution >= 0.6 is 0 Å². The van der Waals surface area contributed by atoms with Crippen LogP contribution in [0.4, 0.5) is 5.69 Å². The Balaban J connectivity index is 1.70. The minimum absolute atomic E-state index is 0.00831. The first-order valence-corrected chi connectivity index (χ1v) is 9.41. The largest absolute Gasteiger partial charge is 0.497 e. The molecule has 0 fully saturated rings. The quantitative estimate of drug-likeness (QED) is 0.462. The van der Waals surface area contributed by atoms with Gasteiger partial charge in [0.05, 0.1) is 23.8 Å². The van der Waals surface area contributed by atoms with Crippen LogP contribution in [0.5, 0.6) is 5.75 Å². The van der Waals surface area contributed by atoms with Crippen molar-refractivity contribution >= 4 is 17.3 Å². The first-order chi connectivity index (χ1) is 14.6. The number of carbonyl (C=O) groups is 1. The number of hydrazone groups is 1. The Bertz CT molecular complexity index is 1090. The molecule has 1 aliphatic rings. The summed E-state index contributed by atoms with van der Waals surface area (Å²) in [5.41, 5.74) is 2.99. The molecule has 1 atom stereocenters. The van der Waals surface area contributed by atoms with Gasteiger partial charge in [0.15, 0.2) is 0 Å². The third-order valence-corrected chi connectivity index (χ3v) is 5.05. The Morgan fingerprint density at radius 1 is 1.03 bits per heavy atom. The molecule has 0 spiro atoms. The zero-order valence-electron chi connectivity index (χ0n) is 16.3. The molecule has 3 aromatic carbocycles. The van der Waals surface area contributed by atoms with E-state index in [9.17, 15) is 14.9 Å². The van der Waals surface area contributed by atoms with Gasteiger partial charge in [-0.2, -0.15) is 5.10 Å². The van der Waals surface area contributed by atoms with Crippen LogP contribution in [-0.4, -0.2) is 28.7 Å². The zero-order chi connectivity index (χ0) is 21.1. The number of rotatable bonds is 5. The highest BCUT2D eigenvalue weighted by Gasteiger charge is 2.33.